The fourth-order valence-corrected chi connectivity index (χ4v) is 4.06. The summed E-state index contributed by atoms with van der Waals surface area (Å²) in [5.74, 6) is 0.153. The molecular formula is C15H20Cl2N2O. The minimum absolute atomic E-state index is 0.153. The summed E-state index contributed by atoms with van der Waals surface area (Å²) in [7, 11) is 2.11. The lowest BCUT2D eigenvalue weighted by Gasteiger charge is -2.35. The molecular weight excluding hydrogens is 295 g/mol. The molecule has 2 unspecified atom stereocenters. The van der Waals surface area contributed by atoms with Crippen molar-refractivity contribution in [1.29, 1.82) is 0 Å². The van der Waals surface area contributed by atoms with Gasteiger partial charge in [-0.05, 0) is 44.9 Å². The van der Waals surface area contributed by atoms with Crippen LogP contribution in [0.25, 0.3) is 0 Å². The number of nitrogens with one attached hydrogen (secondary N) is 1. The predicted molar refractivity (Wildman–Crippen MR) is 82.6 cm³/mol. The maximum absolute atomic E-state index is 10.1. The van der Waals surface area contributed by atoms with Gasteiger partial charge in [0.1, 0.15) is 5.75 Å². The molecule has 2 N–H and O–H groups in total. The zero-order chi connectivity index (χ0) is 14.3. The molecule has 2 fully saturated rings. The van der Waals surface area contributed by atoms with Crippen molar-refractivity contribution in [2.24, 2.45) is 0 Å². The van der Waals surface area contributed by atoms with Gasteiger partial charge in [-0.2, -0.15) is 0 Å². The maximum Gasteiger partial charge on any atom is 0.138 e. The lowest BCUT2D eigenvalue weighted by Crippen LogP contribution is -2.46. The first-order valence-corrected chi connectivity index (χ1v) is 7.91. The van der Waals surface area contributed by atoms with Crippen molar-refractivity contribution in [2.45, 2.75) is 50.4 Å². The van der Waals surface area contributed by atoms with E-state index in [1.165, 1.54) is 25.7 Å². The summed E-state index contributed by atoms with van der Waals surface area (Å²) in [5.41, 5.74) is 0.802. The molecule has 3 nitrogen and oxygen atoms in total. The van der Waals surface area contributed by atoms with Crippen LogP contribution in [-0.2, 0) is 6.54 Å². The van der Waals surface area contributed by atoms with Crippen LogP contribution in [-0.4, -0.2) is 35.2 Å². The number of hydrogen-bond acceptors (Lipinski definition) is 3. The standard InChI is InChI=1S/C15H20Cl2N2O/c1-19(13-6-11-2-3-12(7-13)18-11)8-9-4-10(16)5-14(17)15(9)20/h4-5,11-13,18,20H,2-3,6-8H2,1H3. The van der Waals surface area contributed by atoms with Crippen LogP contribution in [0.5, 0.6) is 5.75 Å². The van der Waals surface area contributed by atoms with E-state index in [9.17, 15) is 5.11 Å². The fourth-order valence-electron chi connectivity index (χ4n) is 3.52. The van der Waals surface area contributed by atoms with Crippen LogP contribution >= 0.6 is 23.2 Å². The number of benzene rings is 1. The van der Waals surface area contributed by atoms with Crippen LogP contribution in [0.15, 0.2) is 12.1 Å². The zero-order valence-electron chi connectivity index (χ0n) is 11.6. The van der Waals surface area contributed by atoms with Crippen LogP contribution in [0.1, 0.15) is 31.2 Å². The van der Waals surface area contributed by atoms with E-state index in [2.05, 4.69) is 17.3 Å². The van der Waals surface area contributed by atoms with Gasteiger partial charge in [-0.1, -0.05) is 23.2 Å². The highest BCUT2D eigenvalue weighted by Crippen LogP contribution is 2.34. The van der Waals surface area contributed by atoms with Crippen molar-refractivity contribution in [3.63, 3.8) is 0 Å². The van der Waals surface area contributed by atoms with Gasteiger partial charge in [0.25, 0.3) is 0 Å². The Kier molecular flexibility index (Phi) is 4.14. The Balaban J connectivity index is 1.71. The Labute approximate surface area is 129 Å². The van der Waals surface area contributed by atoms with E-state index in [0.717, 1.165) is 5.56 Å². The third kappa shape index (κ3) is 2.91. The summed E-state index contributed by atoms with van der Waals surface area (Å²) in [5, 5.41) is 14.6. The highest BCUT2D eigenvalue weighted by atomic mass is 35.5. The molecule has 2 aliphatic rings. The van der Waals surface area contributed by atoms with Gasteiger partial charge >= 0.3 is 0 Å². The smallest absolute Gasteiger partial charge is 0.138 e. The van der Waals surface area contributed by atoms with E-state index in [-0.39, 0.29) is 5.75 Å². The molecule has 0 radical (unpaired) electrons. The Morgan fingerprint density at radius 2 is 1.90 bits per heavy atom. The van der Waals surface area contributed by atoms with Gasteiger partial charge in [-0.25, -0.2) is 0 Å². The molecule has 2 atom stereocenters. The normalized spacial score (nSPS) is 29.1. The first kappa shape index (κ1) is 14.5. The Morgan fingerprint density at radius 3 is 2.55 bits per heavy atom. The number of hydrogen-bond donors (Lipinski definition) is 2. The topological polar surface area (TPSA) is 35.5 Å². The predicted octanol–water partition coefficient (Wildman–Crippen LogP) is 3.41. The van der Waals surface area contributed by atoms with Crippen molar-refractivity contribution in [3.05, 3.63) is 27.7 Å². The monoisotopic (exact) mass is 314 g/mol. The molecule has 2 heterocycles. The van der Waals surface area contributed by atoms with Crippen LogP contribution in [0.3, 0.4) is 0 Å². The van der Waals surface area contributed by atoms with Gasteiger partial charge in [0.15, 0.2) is 0 Å². The molecule has 2 saturated heterocycles. The van der Waals surface area contributed by atoms with Crippen LogP contribution in [0, 0.1) is 0 Å². The number of nitrogens with zero attached hydrogens (tertiary/aromatic N) is 1. The Morgan fingerprint density at radius 1 is 1.25 bits per heavy atom. The first-order valence-electron chi connectivity index (χ1n) is 7.16. The third-order valence-electron chi connectivity index (χ3n) is 4.60. The number of phenolic OH excluding ortho intramolecular Hbond substituents is 1. The van der Waals surface area contributed by atoms with E-state index in [0.29, 0.717) is 34.7 Å². The van der Waals surface area contributed by atoms with E-state index >= 15 is 0 Å². The molecule has 20 heavy (non-hydrogen) atoms. The third-order valence-corrected chi connectivity index (χ3v) is 5.10. The van der Waals surface area contributed by atoms with Crippen LogP contribution < -0.4 is 5.32 Å². The number of aromatic hydroxyl groups is 1. The molecule has 2 aliphatic heterocycles. The molecule has 0 saturated carbocycles. The summed E-state index contributed by atoms with van der Waals surface area (Å²) >= 11 is 12.0. The van der Waals surface area contributed by atoms with E-state index in [4.69, 9.17) is 23.2 Å². The second kappa shape index (κ2) is 5.72. The average Bonchev–Trinajstić information content (AvgIpc) is 2.74. The van der Waals surface area contributed by atoms with Gasteiger partial charge in [0.05, 0.1) is 5.02 Å². The molecule has 0 aliphatic carbocycles. The summed E-state index contributed by atoms with van der Waals surface area (Å²) in [6.07, 6.45) is 4.95. The van der Waals surface area contributed by atoms with Gasteiger partial charge in [-0.3, -0.25) is 4.90 Å². The van der Waals surface area contributed by atoms with Crippen LogP contribution in [0.2, 0.25) is 10.0 Å². The Bertz CT molecular complexity index is 497. The molecule has 0 spiro atoms. The quantitative estimate of drug-likeness (QED) is 0.897. The van der Waals surface area contributed by atoms with Crippen molar-refractivity contribution in [1.82, 2.24) is 10.2 Å². The second-order valence-corrected chi connectivity index (χ2v) is 6.92. The van der Waals surface area contributed by atoms with E-state index in [1.807, 2.05) is 0 Å². The van der Waals surface area contributed by atoms with E-state index < -0.39 is 0 Å². The van der Waals surface area contributed by atoms with Gasteiger partial charge in [0, 0.05) is 35.3 Å². The number of rotatable bonds is 3. The summed E-state index contributed by atoms with van der Waals surface area (Å²) in [6.45, 7) is 0.677. The van der Waals surface area contributed by atoms with Crippen LogP contribution in [0.4, 0.5) is 0 Å². The number of piperidine rings is 1. The van der Waals surface area contributed by atoms with Crippen molar-refractivity contribution in [2.75, 3.05) is 7.05 Å². The minimum Gasteiger partial charge on any atom is -0.506 e. The summed E-state index contributed by atoms with van der Waals surface area (Å²) in [6, 6.07) is 5.27. The van der Waals surface area contributed by atoms with Gasteiger partial charge in [-0.15, -0.1) is 0 Å². The highest BCUT2D eigenvalue weighted by Gasteiger charge is 2.35. The minimum atomic E-state index is 0.153. The molecule has 3 rings (SSSR count). The molecule has 1 aromatic rings. The largest absolute Gasteiger partial charge is 0.506 e. The van der Waals surface area contributed by atoms with Crippen molar-refractivity contribution >= 4 is 23.2 Å². The molecule has 5 heteroatoms. The number of fused-ring (bicyclic) bond motifs is 2. The molecule has 0 amide bonds. The van der Waals surface area contributed by atoms with Crippen molar-refractivity contribution < 1.29 is 5.11 Å². The summed E-state index contributed by atoms with van der Waals surface area (Å²) < 4.78 is 0. The van der Waals surface area contributed by atoms with E-state index in [1.54, 1.807) is 12.1 Å². The number of phenols is 1. The first-order chi connectivity index (χ1) is 9.52. The van der Waals surface area contributed by atoms with Gasteiger partial charge < -0.3 is 10.4 Å². The molecule has 2 bridgehead atoms. The fraction of sp³-hybridized carbons (Fsp3) is 0.600. The lowest BCUT2D eigenvalue weighted by molar-refractivity contribution is 0.164. The van der Waals surface area contributed by atoms with Crippen molar-refractivity contribution in [3.8, 4) is 5.75 Å². The SMILES string of the molecule is CN(Cc1cc(Cl)cc(Cl)c1O)C1CC2CCC(C1)N2. The lowest BCUT2D eigenvalue weighted by atomic mass is 9.98. The number of halogens is 2. The highest BCUT2D eigenvalue weighted by molar-refractivity contribution is 6.35. The molecule has 0 aromatic heterocycles. The Hall–Kier alpha value is -0.480. The van der Waals surface area contributed by atoms with Gasteiger partial charge in [0.2, 0.25) is 0 Å². The summed E-state index contributed by atoms with van der Waals surface area (Å²) in [4.78, 5) is 2.31. The molecule has 110 valence electrons. The maximum atomic E-state index is 10.1. The second-order valence-electron chi connectivity index (χ2n) is 6.07. The average molecular weight is 315 g/mol. The zero-order valence-corrected chi connectivity index (χ0v) is 13.1. The molecule has 1 aromatic carbocycles.